The number of aryl methyl sites for hydroxylation is 3. The molecule has 1 N–H and O–H groups in total. The minimum atomic E-state index is -0.127. The lowest BCUT2D eigenvalue weighted by Crippen LogP contribution is -2.71. The molecule has 3 aliphatic carbocycles. The van der Waals surface area contributed by atoms with E-state index in [0.29, 0.717) is 64.8 Å². The number of hydrogen-bond donors (Lipinski definition) is 1. The van der Waals surface area contributed by atoms with Crippen LogP contribution in [0.2, 0.25) is 0 Å². The molecule has 284 valence electrons. The van der Waals surface area contributed by atoms with Gasteiger partial charge in [-0.3, -0.25) is 9.69 Å². The summed E-state index contributed by atoms with van der Waals surface area (Å²) in [6.07, 6.45) is 9.38. The monoisotopic (exact) mass is 716 g/mol. The molecule has 0 unspecified atom stereocenters. The zero-order valence-electron chi connectivity index (χ0n) is 32.0. The zero-order valence-corrected chi connectivity index (χ0v) is 32.0. The molecule has 1 amide bonds. The molecular formula is C41H60N6O5. The van der Waals surface area contributed by atoms with E-state index in [-0.39, 0.29) is 11.3 Å². The van der Waals surface area contributed by atoms with Crippen molar-refractivity contribution < 1.29 is 23.7 Å². The summed E-state index contributed by atoms with van der Waals surface area (Å²) in [5.74, 6) is 0.213. The van der Waals surface area contributed by atoms with Crippen molar-refractivity contribution in [1.29, 1.82) is 0 Å². The third-order valence-corrected chi connectivity index (χ3v) is 10.9. The number of nitrogens with one attached hydrogen (secondary N) is 1. The number of ether oxygens (including phenoxy) is 4. The van der Waals surface area contributed by atoms with E-state index in [0.717, 1.165) is 94.1 Å². The molecule has 0 spiro atoms. The molecule has 1 aromatic carbocycles. The third-order valence-electron chi connectivity index (χ3n) is 10.9. The molecule has 1 aliphatic heterocycles. The highest BCUT2D eigenvalue weighted by Gasteiger charge is 2.71. The summed E-state index contributed by atoms with van der Waals surface area (Å²) in [6, 6.07) is 11.0. The van der Waals surface area contributed by atoms with E-state index in [4.69, 9.17) is 29.0 Å². The first-order chi connectivity index (χ1) is 25.3. The van der Waals surface area contributed by atoms with E-state index in [1.807, 2.05) is 11.4 Å². The standard InChI is InChI=1S/C41H60N6O5/c1-5-37-36(38-43-32(3)26-33(4)47(38)44-37)27-35-11-9-34(10-12-35)8-7-14-45-15-17-46(18-16-45)31-40-28-41(29-40,30-40)39(48)42-13-19-50-22-23-52-25-24-51-21-20-49-6-2/h7-12,26H,5-6,13-25,27-31H2,1-4H3,(H,42,48)/b8-7+. The van der Waals surface area contributed by atoms with Crippen LogP contribution in [0.5, 0.6) is 0 Å². The summed E-state index contributed by atoms with van der Waals surface area (Å²) < 4.78 is 23.8. The quantitative estimate of drug-likeness (QED) is 0.151. The molecule has 52 heavy (non-hydrogen) atoms. The normalized spacial score (nSPS) is 21.8. The van der Waals surface area contributed by atoms with Crippen LogP contribution in [0.4, 0.5) is 0 Å². The van der Waals surface area contributed by atoms with Crippen LogP contribution in [0.25, 0.3) is 11.7 Å². The first kappa shape index (κ1) is 38.5. The van der Waals surface area contributed by atoms with Gasteiger partial charge in [0.05, 0.1) is 57.4 Å². The number of hydrogen-bond acceptors (Lipinski definition) is 9. The average molecular weight is 717 g/mol. The minimum Gasteiger partial charge on any atom is -0.379 e. The maximum atomic E-state index is 12.9. The Bertz CT molecular complexity index is 1610. The van der Waals surface area contributed by atoms with Crippen LogP contribution < -0.4 is 5.32 Å². The molecule has 11 nitrogen and oxygen atoms in total. The fourth-order valence-electron chi connectivity index (χ4n) is 8.40. The molecule has 1 saturated heterocycles. The van der Waals surface area contributed by atoms with Gasteiger partial charge in [-0.15, -0.1) is 0 Å². The number of aromatic nitrogens is 3. The van der Waals surface area contributed by atoms with Crippen LogP contribution in [-0.2, 0) is 36.6 Å². The van der Waals surface area contributed by atoms with Gasteiger partial charge in [0.25, 0.3) is 0 Å². The molecule has 2 aromatic heterocycles. The molecule has 3 heterocycles. The summed E-state index contributed by atoms with van der Waals surface area (Å²) in [4.78, 5) is 22.9. The van der Waals surface area contributed by atoms with Gasteiger partial charge in [0, 0.05) is 75.8 Å². The average Bonchev–Trinajstić information content (AvgIpc) is 3.46. The van der Waals surface area contributed by atoms with Crippen LogP contribution in [0.3, 0.4) is 0 Å². The number of benzene rings is 1. The molecule has 7 rings (SSSR count). The summed E-state index contributed by atoms with van der Waals surface area (Å²) in [6.45, 7) is 19.9. The van der Waals surface area contributed by atoms with Crippen LogP contribution in [0.15, 0.2) is 36.4 Å². The predicted molar refractivity (Wildman–Crippen MR) is 204 cm³/mol. The SMILES string of the molecule is CCOCCOCCOCCOCCNC(=O)C12CC(CN3CCN(C/C=C/c4ccc(Cc5c(CC)nn6c(C)cc(C)nc56)cc4)CC3)(C1)C2. The molecular weight excluding hydrogens is 656 g/mol. The largest absolute Gasteiger partial charge is 0.379 e. The molecule has 2 bridgehead atoms. The van der Waals surface area contributed by atoms with Crippen LogP contribution in [-0.4, -0.2) is 129 Å². The van der Waals surface area contributed by atoms with E-state index in [2.05, 4.69) is 78.4 Å². The lowest BCUT2D eigenvalue weighted by Gasteiger charge is -2.70. The van der Waals surface area contributed by atoms with Crippen LogP contribution in [0, 0.1) is 24.7 Å². The first-order valence-corrected chi connectivity index (χ1v) is 19.5. The summed E-state index contributed by atoms with van der Waals surface area (Å²) in [5.41, 5.74) is 8.24. The van der Waals surface area contributed by atoms with E-state index in [9.17, 15) is 4.79 Å². The molecule has 0 radical (unpaired) electrons. The molecule has 4 aliphatic rings. The Morgan fingerprint density at radius 2 is 1.50 bits per heavy atom. The van der Waals surface area contributed by atoms with Crippen molar-refractivity contribution in [3.63, 3.8) is 0 Å². The van der Waals surface area contributed by atoms with E-state index >= 15 is 0 Å². The zero-order chi connectivity index (χ0) is 36.4. The van der Waals surface area contributed by atoms with Gasteiger partial charge in [-0.05, 0) is 69.1 Å². The van der Waals surface area contributed by atoms with Crippen molar-refractivity contribution in [2.24, 2.45) is 10.8 Å². The number of piperazine rings is 1. The third kappa shape index (κ3) is 9.67. The van der Waals surface area contributed by atoms with Gasteiger partial charge in [0.15, 0.2) is 5.65 Å². The fraction of sp³-hybridized carbons (Fsp3) is 0.634. The Morgan fingerprint density at radius 3 is 2.15 bits per heavy atom. The number of nitrogens with zero attached hydrogens (tertiary/aromatic N) is 5. The lowest BCUT2D eigenvalue weighted by molar-refractivity contribution is -0.214. The van der Waals surface area contributed by atoms with Gasteiger partial charge in [0.1, 0.15) is 0 Å². The Morgan fingerprint density at radius 1 is 0.865 bits per heavy atom. The van der Waals surface area contributed by atoms with Crippen molar-refractivity contribution in [3.8, 4) is 0 Å². The van der Waals surface area contributed by atoms with Gasteiger partial charge < -0.3 is 29.2 Å². The Labute approximate surface area is 310 Å². The Balaban J connectivity index is 0.819. The summed E-state index contributed by atoms with van der Waals surface area (Å²) >= 11 is 0. The summed E-state index contributed by atoms with van der Waals surface area (Å²) in [5, 5.41) is 7.96. The second kappa shape index (κ2) is 18.2. The van der Waals surface area contributed by atoms with Gasteiger partial charge in [0.2, 0.25) is 5.91 Å². The molecule has 4 fully saturated rings. The number of carbonyl (C=O) groups is 1. The van der Waals surface area contributed by atoms with Crippen LogP contribution >= 0.6 is 0 Å². The van der Waals surface area contributed by atoms with Crippen molar-refractivity contribution in [2.45, 2.75) is 59.8 Å². The lowest BCUT2D eigenvalue weighted by atomic mass is 9.34. The van der Waals surface area contributed by atoms with Crippen molar-refractivity contribution in [3.05, 3.63) is 70.2 Å². The second-order valence-corrected chi connectivity index (χ2v) is 15.1. The van der Waals surface area contributed by atoms with Gasteiger partial charge in [-0.1, -0.05) is 43.3 Å². The van der Waals surface area contributed by atoms with Gasteiger partial charge >= 0.3 is 0 Å². The number of rotatable bonds is 22. The van der Waals surface area contributed by atoms with Gasteiger partial charge in [-0.2, -0.15) is 5.10 Å². The first-order valence-electron chi connectivity index (χ1n) is 19.5. The summed E-state index contributed by atoms with van der Waals surface area (Å²) in [7, 11) is 0. The molecule has 11 heteroatoms. The highest BCUT2D eigenvalue weighted by molar-refractivity contribution is 5.86. The topological polar surface area (TPSA) is 103 Å². The van der Waals surface area contributed by atoms with E-state index in [1.165, 1.54) is 16.7 Å². The Kier molecular flexibility index (Phi) is 13.5. The smallest absolute Gasteiger partial charge is 0.226 e. The van der Waals surface area contributed by atoms with E-state index in [1.54, 1.807) is 0 Å². The van der Waals surface area contributed by atoms with Crippen molar-refractivity contribution in [2.75, 3.05) is 98.7 Å². The van der Waals surface area contributed by atoms with E-state index < -0.39 is 0 Å². The highest BCUT2D eigenvalue weighted by Crippen LogP contribution is 2.73. The maximum absolute atomic E-state index is 12.9. The molecule has 3 saturated carbocycles. The fourth-order valence-corrected chi connectivity index (χ4v) is 8.40. The number of fused-ring (bicyclic) bond motifs is 1. The second-order valence-electron chi connectivity index (χ2n) is 15.1. The number of carbonyl (C=O) groups excluding carboxylic acids is 1. The highest BCUT2D eigenvalue weighted by atomic mass is 16.6. The van der Waals surface area contributed by atoms with Crippen molar-refractivity contribution in [1.82, 2.24) is 29.7 Å². The minimum absolute atomic E-state index is 0.127. The van der Waals surface area contributed by atoms with Gasteiger partial charge in [-0.25, -0.2) is 9.50 Å². The maximum Gasteiger partial charge on any atom is 0.226 e. The van der Waals surface area contributed by atoms with Crippen molar-refractivity contribution >= 4 is 17.6 Å². The predicted octanol–water partition coefficient (Wildman–Crippen LogP) is 4.50. The molecule has 0 atom stereocenters. The Hall–Kier alpha value is -3.19. The molecule has 3 aromatic rings. The number of amides is 1. The van der Waals surface area contributed by atoms with Crippen LogP contribution in [0.1, 0.15) is 66.9 Å².